The van der Waals surface area contributed by atoms with Crippen LogP contribution < -0.4 is 10.5 Å². The molecule has 0 saturated heterocycles. The van der Waals surface area contributed by atoms with Gasteiger partial charge in [0.25, 0.3) is 0 Å². The standard InChI is InChI=1S/C14H15Cl2N3O/c1-14(2,3)20-8-4-5-9(10(15)6-8)11-7-12(16)19-13(17)18-11/h4-7H,1-3H3,(H2,17,18,19). The molecule has 20 heavy (non-hydrogen) atoms. The second kappa shape index (κ2) is 5.46. The van der Waals surface area contributed by atoms with E-state index in [9.17, 15) is 0 Å². The van der Waals surface area contributed by atoms with Gasteiger partial charge in [0.2, 0.25) is 5.95 Å². The first-order valence-electron chi connectivity index (χ1n) is 6.03. The van der Waals surface area contributed by atoms with Gasteiger partial charge in [-0.05, 0) is 39.0 Å². The van der Waals surface area contributed by atoms with Gasteiger partial charge in [-0.25, -0.2) is 9.97 Å². The summed E-state index contributed by atoms with van der Waals surface area (Å²) < 4.78 is 5.75. The van der Waals surface area contributed by atoms with Crippen LogP contribution in [0.15, 0.2) is 24.3 Å². The molecule has 0 radical (unpaired) electrons. The summed E-state index contributed by atoms with van der Waals surface area (Å²) in [6, 6.07) is 7.01. The lowest BCUT2D eigenvalue weighted by atomic mass is 10.1. The molecule has 0 fully saturated rings. The van der Waals surface area contributed by atoms with Crippen molar-refractivity contribution < 1.29 is 4.74 Å². The summed E-state index contributed by atoms with van der Waals surface area (Å²) >= 11 is 12.1. The highest BCUT2D eigenvalue weighted by Crippen LogP contribution is 2.32. The molecule has 0 amide bonds. The van der Waals surface area contributed by atoms with Crippen LogP contribution in [0.2, 0.25) is 10.2 Å². The second-order valence-electron chi connectivity index (χ2n) is 5.29. The molecule has 1 heterocycles. The van der Waals surface area contributed by atoms with E-state index in [1.165, 1.54) is 0 Å². The predicted molar refractivity (Wildman–Crippen MR) is 82.3 cm³/mol. The maximum Gasteiger partial charge on any atom is 0.221 e. The van der Waals surface area contributed by atoms with Crippen molar-refractivity contribution in [1.29, 1.82) is 0 Å². The lowest BCUT2D eigenvalue weighted by Gasteiger charge is -2.21. The Morgan fingerprint density at radius 1 is 1.10 bits per heavy atom. The fourth-order valence-electron chi connectivity index (χ4n) is 1.69. The number of halogens is 2. The molecule has 106 valence electrons. The van der Waals surface area contributed by atoms with Gasteiger partial charge >= 0.3 is 0 Å². The Labute approximate surface area is 127 Å². The van der Waals surface area contributed by atoms with Gasteiger partial charge in [0, 0.05) is 11.6 Å². The van der Waals surface area contributed by atoms with Crippen LogP contribution in [0.3, 0.4) is 0 Å². The van der Waals surface area contributed by atoms with Gasteiger partial charge in [-0.1, -0.05) is 23.2 Å². The molecule has 1 aromatic carbocycles. The van der Waals surface area contributed by atoms with Crippen LogP contribution >= 0.6 is 23.2 Å². The fraction of sp³-hybridized carbons (Fsp3) is 0.286. The molecule has 0 aliphatic heterocycles. The van der Waals surface area contributed by atoms with E-state index in [0.717, 1.165) is 5.56 Å². The molecule has 4 nitrogen and oxygen atoms in total. The van der Waals surface area contributed by atoms with Crippen LogP contribution in [-0.4, -0.2) is 15.6 Å². The summed E-state index contributed by atoms with van der Waals surface area (Å²) in [5.41, 5.74) is 6.61. The first-order valence-corrected chi connectivity index (χ1v) is 6.79. The molecule has 6 heteroatoms. The Bertz CT molecular complexity index is 619. The van der Waals surface area contributed by atoms with Crippen molar-refractivity contribution >= 4 is 29.2 Å². The van der Waals surface area contributed by atoms with Crippen molar-refractivity contribution in [1.82, 2.24) is 9.97 Å². The van der Waals surface area contributed by atoms with E-state index >= 15 is 0 Å². The average molecular weight is 312 g/mol. The van der Waals surface area contributed by atoms with Gasteiger partial charge in [-0.2, -0.15) is 0 Å². The Morgan fingerprint density at radius 3 is 2.35 bits per heavy atom. The number of ether oxygens (including phenoxy) is 1. The highest BCUT2D eigenvalue weighted by Gasteiger charge is 2.14. The predicted octanol–water partition coefficient (Wildman–Crippen LogP) is 4.21. The van der Waals surface area contributed by atoms with E-state index in [1.54, 1.807) is 12.1 Å². The lowest BCUT2D eigenvalue weighted by Crippen LogP contribution is -2.22. The first kappa shape index (κ1) is 14.9. The molecule has 1 aromatic heterocycles. The van der Waals surface area contributed by atoms with Crippen molar-refractivity contribution in [3.8, 4) is 17.0 Å². The lowest BCUT2D eigenvalue weighted by molar-refractivity contribution is 0.131. The van der Waals surface area contributed by atoms with Crippen molar-refractivity contribution in [2.75, 3.05) is 5.73 Å². The van der Waals surface area contributed by atoms with E-state index < -0.39 is 0 Å². The van der Waals surface area contributed by atoms with Crippen LogP contribution in [0.1, 0.15) is 20.8 Å². The number of nitrogens with zero attached hydrogens (tertiary/aromatic N) is 2. The topological polar surface area (TPSA) is 61.0 Å². The molecule has 0 saturated carbocycles. The second-order valence-corrected chi connectivity index (χ2v) is 6.08. The molecule has 0 unspecified atom stereocenters. The van der Waals surface area contributed by atoms with Gasteiger partial charge in [0.1, 0.15) is 16.5 Å². The quantitative estimate of drug-likeness (QED) is 0.844. The summed E-state index contributed by atoms with van der Waals surface area (Å²) in [5.74, 6) is 0.804. The van der Waals surface area contributed by atoms with Gasteiger partial charge in [-0.15, -0.1) is 0 Å². The smallest absolute Gasteiger partial charge is 0.221 e. The third-order valence-electron chi connectivity index (χ3n) is 2.35. The summed E-state index contributed by atoms with van der Waals surface area (Å²) in [6.45, 7) is 5.92. The zero-order valence-electron chi connectivity index (χ0n) is 11.4. The van der Waals surface area contributed by atoms with E-state index in [0.29, 0.717) is 16.5 Å². The summed E-state index contributed by atoms with van der Waals surface area (Å²) in [7, 11) is 0. The molecule has 0 aliphatic carbocycles. The van der Waals surface area contributed by atoms with E-state index in [-0.39, 0.29) is 16.7 Å². The molecule has 0 bridgehead atoms. The Kier molecular flexibility index (Phi) is 4.06. The number of hydrogen-bond donors (Lipinski definition) is 1. The normalized spacial score (nSPS) is 11.4. The highest BCUT2D eigenvalue weighted by atomic mass is 35.5. The van der Waals surface area contributed by atoms with Gasteiger partial charge in [0.05, 0.1) is 10.7 Å². The van der Waals surface area contributed by atoms with E-state index in [4.69, 9.17) is 33.7 Å². The zero-order chi connectivity index (χ0) is 14.9. The number of rotatable bonds is 2. The van der Waals surface area contributed by atoms with Crippen molar-refractivity contribution in [3.05, 3.63) is 34.4 Å². The Morgan fingerprint density at radius 2 is 1.80 bits per heavy atom. The molecule has 2 N–H and O–H groups in total. The van der Waals surface area contributed by atoms with Crippen LogP contribution in [0, 0.1) is 0 Å². The first-order chi connectivity index (χ1) is 9.24. The fourth-order valence-corrected chi connectivity index (χ4v) is 2.15. The minimum Gasteiger partial charge on any atom is -0.488 e. The van der Waals surface area contributed by atoms with Crippen molar-refractivity contribution in [2.24, 2.45) is 0 Å². The Hall–Kier alpha value is -1.52. The van der Waals surface area contributed by atoms with E-state index in [1.807, 2.05) is 32.9 Å². The van der Waals surface area contributed by atoms with E-state index in [2.05, 4.69) is 9.97 Å². The number of nitrogens with two attached hydrogens (primary N) is 1. The molecular weight excluding hydrogens is 297 g/mol. The number of benzene rings is 1. The number of aromatic nitrogens is 2. The van der Waals surface area contributed by atoms with Gasteiger partial charge in [0.15, 0.2) is 0 Å². The highest BCUT2D eigenvalue weighted by molar-refractivity contribution is 6.33. The SMILES string of the molecule is CC(C)(C)Oc1ccc(-c2cc(Cl)nc(N)n2)c(Cl)c1. The summed E-state index contributed by atoms with van der Waals surface area (Å²) in [5, 5.41) is 0.791. The van der Waals surface area contributed by atoms with Crippen LogP contribution in [-0.2, 0) is 0 Å². The number of hydrogen-bond acceptors (Lipinski definition) is 4. The molecular formula is C14H15Cl2N3O. The van der Waals surface area contributed by atoms with Crippen LogP contribution in [0.5, 0.6) is 5.75 Å². The van der Waals surface area contributed by atoms with Crippen LogP contribution in [0.25, 0.3) is 11.3 Å². The molecule has 0 spiro atoms. The maximum absolute atomic E-state index is 6.27. The minimum atomic E-state index is -0.284. The zero-order valence-corrected chi connectivity index (χ0v) is 13.0. The molecule has 2 aromatic rings. The third-order valence-corrected chi connectivity index (χ3v) is 2.86. The maximum atomic E-state index is 6.27. The molecule has 2 rings (SSSR count). The Balaban J connectivity index is 2.39. The molecule has 0 aliphatic rings. The monoisotopic (exact) mass is 311 g/mol. The van der Waals surface area contributed by atoms with Gasteiger partial charge in [-0.3, -0.25) is 0 Å². The third kappa shape index (κ3) is 3.74. The minimum absolute atomic E-state index is 0.110. The van der Waals surface area contributed by atoms with Crippen molar-refractivity contribution in [3.63, 3.8) is 0 Å². The average Bonchev–Trinajstić information content (AvgIpc) is 2.25. The summed E-state index contributed by atoms with van der Waals surface area (Å²) in [6.07, 6.45) is 0. The van der Waals surface area contributed by atoms with Crippen molar-refractivity contribution in [2.45, 2.75) is 26.4 Å². The molecule has 0 atom stereocenters. The largest absolute Gasteiger partial charge is 0.488 e. The van der Waals surface area contributed by atoms with Crippen LogP contribution in [0.4, 0.5) is 5.95 Å². The number of nitrogen functional groups attached to an aromatic ring is 1. The van der Waals surface area contributed by atoms with Gasteiger partial charge < -0.3 is 10.5 Å². The number of anilines is 1. The summed E-state index contributed by atoms with van der Waals surface area (Å²) in [4.78, 5) is 7.95.